The van der Waals surface area contributed by atoms with Gasteiger partial charge >= 0.3 is 0 Å². The molecule has 0 atom stereocenters. The van der Waals surface area contributed by atoms with Gasteiger partial charge in [-0.05, 0) is 38.6 Å². The fourth-order valence-electron chi connectivity index (χ4n) is 2.22. The lowest BCUT2D eigenvalue weighted by Gasteiger charge is -2.16. The molecule has 0 saturated heterocycles. The Balaban J connectivity index is 2.03. The summed E-state index contributed by atoms with van der Waals surface area (Å²) in [7, 11) is 1.98. The highest BCUT2D eigenvalue weighted by molar-refractivity contribution is 5.35. The number of rotatable bonds is 6. The summed E-state index contributed by atoms with van der Waals surface area (Å²) in [5.41, 5.74) is 1.88. The Bertz CT molecular complexity index is 601. The normalized spacial score (nSPS) is 10.9. The predicted molar refractivity (Wildman–Crippen MR) is 82.5 cm³/mol. The quantitative estimate of drug-likeness (QED) is 0.887. The van der Waals surface area contributed by atoms with Gasteiger partial charge in [0.1, 0.15) is 17.5 Å². The van der Waals surface area contributed by atoms with Crippen molar-refractivity contribution >= 4 is 5.82 Å². The number of hydrogen-bond acceptors (Lipinski definition) is 4. The summed E-state index contributed by atoms with van der Waals surface area (Å²) in [6, 6.07) is 8.58. The molecule has 1 N–H and O–H groups in total. The zero-order valence-electron chi connectivity index (χ0n) is 12.7. The molecular weight excluding hydrogens is 267 g/mol. The summed E-state index contributed by atoms with van der Waals surface area (Å²) in [6.07, 6.45) is 0. The van der Waals surface area contributed by atoms with Gasteiger partial charge in [0, 0.05) is 24.8 Å². The molecule has 0 aliphatic rings. The molecule has 5 heteroatoms. The maximum atomic E-state index is 13.2. The van der Waals surface area contributed by atoms with Gasteiger partial charge in [-0.3, -0.25) is 4.90 Å². The Morgan fingerprint density at radius 3 is 2.71 bits per heavy atom. The number of aryl methyl sites for hydroxylation is 1. The highest BCUT2D eigenvalue weighted by atomic mass is 19.1. The van der Waals surface area contributed by atoms with Crippen molar-refractivity contribution in [2.24, 2.45) is 0 Å². The predicted octanol–water partition coefficient (Wildman–Crippen LogP) is 2.99. The van der Waals surface area contributed by atoms with Crippen LogP contribution in [0.15, 0.2) is 30.3 Å². The van der Waals surface area contributed by atoms with E-state index in [1.54, 1.807) is 12.1 Å². The number of hydrogen-bond donors (Lipinski definition) is 1. The molecule has 0 amide bonds. The fourth-order valence-corrected chi connectivity index (χ4v) is 2.22. The van der Waals surface area contributed by atoms with Crippen LogP contribution in [0.2, 0.25) is 0 Å². The van der Waals surface area contributed by atoms with Crippen molar-refractivity contribution in [1.29, 1.82) is 0 Å². The lowest BCUT2D eigenvalue weighted by atomic mass is 10.2. The van der Waals surface area contributed by atoms with Crippen molar-refractivity contribution in [2.75, 3.05) is 18.9 Å². The molecule has 112 valence electrons. The molecule has 1 aromatic carbocycles. The molecular formula is C16H21FN4. The van der Waals surface area contributed by atoms with Crippen LogP contribution in [-0.2, 0) is 13.1 Å². The van der Waals surface area contributed by atoms with Crippen molar-refractivity contribution in [3.05, 3.63) is 53.2 Å². The maximum Gasteiger partial charge on any atom is 0.144 e. The highest BCUT2D eigenvalue weighted by Crippen LogP contribution is 2.10. The zero-order valence-corrected chi connectivity index (χ0v) is 12.7. The van der Waals surface area contributed by atoms with E-state index < -0.39 is 0 Å². The van der Waals surface area contributed by atoms with Crippen LogP contribution in [-0.4, -0.2) is 28.5 Å². The molecule has 1 heterocycles. The van der Waals surface area contributed by atoms with E-state index in [0.717, 1.165) is 29.4 Å². The first kappa shape index (κ1) is 15.4. The number of aromatic nitrogens is 2. The third-order valence-electron chi connectivity index (χ3n) is 3.01. The van der Waals surface area contributed by atoms with Crippen molar-refractivity contribution in [3.63, 3.8) is 0 Å². The van der Waals surface area contributed by atoms with Gasteiger partial charge in [-0.2, -0.15) is 0 Å². The van der Waals surface area contributed by atoms with Crippen LogP contribution >= 0.6 is 0 Å². The standard InChI is InChI=1S/C16H21FN4/c1-4-18-15-8-12(2)19-16(20-15)11-21(3)10-13-6-5-7-14(17)9-13/h5-9H,4,10-11H2,1-3H3,(H,18,19,20). The molecule has 0 fully saturated rings. The molecule has 0 radical (unpaired) electrons. The second kappa shape index (κ2) is 7.13. The number of nitrogens with zero attached hydrogens (tertiary/aromatic N) is 3. The minimum atomic E-state index is -0.206. The van der Waals surface area contributed by atoms with Crippen molar-refractivity contribution in [3.8, 4) is 0 Å². The average molecular weight is 288 g/mol. The molecule has 0 saturated carbocycles. The summed E-state index contributed by atoms with van der Waals surface area (Å²) in [4.78, 5) is 11.0. The van der Waals surface area contributed by atoms with Crippen LogP contribution in [0.4, 0.5) is 10.2 Å². The van der Waals surface area contributed by atoms with Crippen LogP contribution in [0, 0.1) is 12.7 Å². The van der Waals surface area contributed by atoms with Gasteiger partial charge < -0.3 is 5.32 Å². The second-order valence-electron chi connectivity index (χ2n) is 5.14. The van der Waals surface area contributed by atoms with Gasteiger partial charge in [-0.15, -0.1) is 0 Å². The fraction of sp³-hybridized carbons (Fsp3) is 0.375. The molecule has 2 aromatic rings. The van der Waals surface area contributed by atoms with Gasteiger partial charge in [0.2, 0.25) is 0 Å². The van der Waals surface area contributed by atoms with Gasteiger partial charge in [0.25, 0.3) is 0 Å². The van der Waals surface area contributed by atoms with Crippen LogP contribution in [0.25, 0.3) is 0 Å². The molecule has 1 aromatic heterocycles. The maximum absolute atomic E-state index is 13.2. The third kappa shape index (κ3) is 4.79. The Morgan fingerprint density at radius 2 is 2.00 bits per heavy atom. The van der Waals surface area contributed by atoms with Crippen molar-refractivity contribution in [1.82, 2.24) is 14.9 Å². The Labute approximate surface area is 125 Å². The summed E-state index contributed by atoms with van der Waals surface area (Å²) >= 11 is 0. The molecule has 21 heavy (non-hydrogen) atoms. The second-order valence-corrected chi connectivity index (χ2v) is 5.14. The Kier molecular flexibility index (Phi) is 5.22. The monoisotopic (exact) mass is 288 g/mol. The summed E-state index contributed by atoms with van der Waals surface area (Å²) in [5.74, 6) is 1.41. The van der Waals surface area contributed by atoms with E-state index in [9.17, 15) is 4.39 Å². The van der Waals surface area contributed by atoms with Crippen molar-refractivity contribution in [2.45, 2.75) is 26.9 Å². The van der Waals surface area contributed by atoms with Crippen molar-refractivity contribution < 1.29 is 4.39 Å². The lowest BCUT2D eigenvalue weighted by molar-refractivity contribution is 0.310. The number of halogens is 1. The molecule has 2 rings (SSSR count). The van der Waals surface area contributed by atoms with E-state index in [1.165, 1.54) is 6.07 Å². The first-order valence-corrected chi connectivity index (χ1v) is 7.08. The van der Waals surface area contributed by atoms with Gasteiger partial charge in [-0.25, -0.2) is 14.4 Å². The molecule has 0 unspecified atom stereocenters. The first-order valence-electron chi connectivity index (χ1n) is 7.08. The summed E-state index contributed by atoms with van der Waals surface area (Å²) < 4.78 is 13.2. The van der Waals surface area contributed by atoms with Gasteiger partial charge in [-0.1, -0.05) is 12.1 Å². The lowest BCUT2D eigenvalue weighted by Crippen LogP contribution is -2.19. The van der Waals surface area contributed by atoms with E-state index in [4.69, 9.17) is 0 Å². The van der Waals surface area contributed by atoms with E-state index >= 15 is 0 Å². The zero-order chi connectivity index (χ0) is 15.2. The minimum Gasteiger partial charge on any atom is -0.370 e. The Morgan fingerprint density at radius 1 is 1.19 bits per heavy atom. The first-order chi connectivity index (χ1) is 10.1. The molecule has 0 spiro atoms. The van der Waals surface area contributed by atoms with Crippen LogP contribution in [0.5, 0.6) is 0 Å². The van der Waals surface area contributed by atoms with Gasteiger partial charge in [0.05, 0.1) is 6.54 Å². The third-order valence-corrected chi connectivity index (χ3v) is 3.01. The topological polar surface area (TPSA) is 41.1 Å². The van der Waals surface area contributed by atoms with E-state index in [2.05, 4.69) is 20.2 Å². The highest BCUT2D eigenvalue weighted by Gasteiger charge is 2.07. The number of nitrogens with one attached hydrogen (secondary N) is 1. The molecule has 0 aliphatic heterocycles. The van der Waals surface area contributed by atoms with E-state index in [1.807, 2.05) is 33.0 Å². The molecule has 0 aliphatic carbocycles. The molecule has 0 bridgehead atoms. The van der Waals surface area contributed by atoms with Crippen LogP contribution < -0.4 is 5.32 Å². The van der Waals surface area contributed by atoms with E-state index in [0.29, 0.717) is 13.1 Å². The average Bonchev–Trinajstić information content (AvgIpc) is 2.37. The van der Waals surface area contributed by atoms with E-state index in [-0.39, 0.29) is 5.82 Å². The summed E-state index contributed by atoms with van der Waals surface area (Å²) in [5, 5.41) is 3.20. The number of anilines is 1. The van der Waals surface area contributed by atoms with Crippen LogP contribution in [0.3, 0.4) is 0 Å². The molecule has 4 nitrogen and oxygen atoms in total. The smallest absolute Gasteiger partial charge is 0.144 e. The van der Waals surface area contributed by atoms with Crippen LogP contribution in [0.1, 0.15) is 24.0 Å². The SMILES string of the molecule is CCNc1cc(C)nc(CN(C)Cc2cccc(F)c2)n1. The summed E-state index contributed by atoms with van der Waals surface area (Å²) in [6.45, 7) is 6.10. The Hall–Kier alpha value is -2.01. The minimum absolute atomic E-state index is 0.206. The largest absolute Gasteiger partial charge is 0.370 e. The number of benzene rings is 1. The van der Waals surface area contributed by atoms with Gasteiger partial charge in [0.15, 0.2) is 0 Å².